The van der Waals surface area contributed by atoms with Crippen molar-refractivity contribution in [3.8, 4) is 5.75 Å². The van der Waals surface area contributed by atoms with Crippen molar-refractivity contribution >= 4 is 11.8 Å². The summed E-state index contributed by atoms with van der Waals surface area (Å²) in [6.07, 6.45) is 2.19. The van der Waals surface area contributed by atoms with Gasteiger partial charge in [-0.2, -0.15) is 0 Å². The molecule has 22 heavy (non-hydrogen) atoms. The molecule has 0 aliphatic carbocycles. The van der Waals surface area contributed by atoms with Crippen molar-refractivity contribution < 1.29 is 14.7 Å². The largest absolute Gasteiger partial charge is 0.508 e. The van der Waals surface area contributed by atoms with Crippen LogP contribution in [0.25, 0.3) is 0 Å². The molecule has 1 aromatic carbocycles. The first-order chi connectivity index (χ1) is 10.5. The Balaban J connectivity index is 2.87. The standard InChI is InChI=1S/C17H26N2O3/c1-4-10-19(11-5-2)17(22)16(18-13(3)20)12-14-6-8-15(21)9-7-14/h6-9,16,21H,4-5,10-12H2,1-3H3,(H,18,20)/t16-/m0/s1. The monoisotopic (exact) mass is 306 g/mol. The van der Waals surface area contributed by atoms with Gasteiger partial charge in [0, 0.05) is 26.4 Å². The first-order valence-electron chi connectivity index (χ1n) is 7.81. The minimum absolute atomic E-state index is 0.0491. The summed E-state index contributed by atoms with van der Waals surface area (Å²) in [6.45, 7) is 6.87. The maximum atomic E-state index is 12.7. The lowest BCUT2D eigenvalue weighted by Crippen LogP contribution is -2.49. The molecule has 122 valence electrons. The third-order valence-corrected chi connectivity index (χ3v) is 3.35. The number of nitrogens with one attached hydrogen (secondary N) is 1. The number of phenolic OH excluding ortho intramolecular Hbond substituents is 1. The van der Waals surface area contributed by atoms with Crippen LogP contribution >= 0.6 is 0 Å². The lowest BCUT2D eigenvalue weighted by molar-refractivity contribution is -0.136. The summed E-state index contributed by atoms with van der Waals surface area (Å²) < 4.78 is 0. The van der Waals surface area contributed by atoms with Gasteiger partial charge in [0.05, 0.1) is 0 Å². The number of aromatic hydroxyl groups is 1. The van der Waals surface area contributed by atoms with Gasteiger partial charge in [0.25, 0.3) is 0 Å². The van der Waals surface area contributed by atoms with E-state index in [1.54, 1.807) is 29.2 Å². The summed E-state index contributed by atoms with van der Waals surface area (Å²) >= 11 is 0. The van der Waals surface area contributed by atoms with Gasteiger partial charge in [-0.05, 0) is 30.5 Å². The lowest BCUT2D eigenvalue weighted by atomic mass is 10.0. The Bertz CT molecular complexity index is 479. The second-order valence-electron chi connectivity index (χ2n) is 5.45. The molecule has 0 radical (unpaired) electrons. The van der Waals surface area contributed by atoms with E-state index >= 15 is 0 Å². The molecule has 0 bridgehead atoms. The van der Waals surface area contributed by atoms with E-state index in [1.165, 1.54) is 6.92 Å². The molecule has 1 rings (SSSR count). The van der Waals surface area contributed by atoms with Gasteiger partial charge in [-0.15, -0.1) is 0 Å². The molecule has 0 saturated carbocycles. The van der Waals surface area contributed by atoms with E-state index in [9.17, 15) is 14.7 Å². The van der Waals surface area contributed by atoms with Gasteiger partial charge < -0.3 is 15.3 Å². The minimum Gasteiger partial charge on any atom is -0.508 e. The Morgan fingerprint density at radius 2 is 1.68 bits per heavy atom. The van der Waals surface area contributed by atoms with E-state index in [-0.39, 0.29) is 17.6 Å². The quantitative estimate of drug-likeness (QED) is 0.772. The Hall–Kier alpha value is -2.04. The molecule has 1 atom stereocenters. The number of hydrogen-bond acceptors (Lipinski definition) is 3. The van der Waals surface area contributed by atoms with E-state index in [0.717, 1.165) is 18.4 Å². The van der Waals surface area contributed by atoms with Crippen LogP contribution in [0.5, 0.6) is 5.75 Å². The van der Waals surface area contributed by atoms with Crippen LogP contribution in [0.15, 0.2) is 24.3 Å². The Morgan fingerprint density at radius 3 is 2.14 bits per heavy atom. The molecular weight excluding hydrogens is 280 g/mol. The predicted octanol–water partition coefficient (Wildman–Crippen LogP) is 2.09. The highest BCUT2D eigenvalue weighted by Crippen LogP contribution is 2.12. The highest BCUT2D eigenvalue weighted by atomic mass is 16.3. The SMILES string of the molecule is CCCN(CCC)C(=O)[C@H](Cc1ccc(O)cc1)NC(C)=O. The van der Waals surface area contributed by atoms with Crippen LogP contribution < -0.4 is 5.32 Å². The Kier molecular flexibility index (Phi) is 7.43. The smallest absolute Gasteiger partial charge is 0.245 e. The second-order valence-corrected chi connectivity index (χ2v) is 5.45. The fraction of sp³-hybridized carbons (Fsp3) is 0.529. The number of hydrogen-bond donors (Lipinski definition) is 2. The van der Waals surface area contributed by atoms with Crippen LogP contribution in [-0.2, 0) is 16.0 Å². The van der Waals surface area contributed by atoms with Crippen molar-refractivity contribution in [3.63, 3.8) is 0 Å². The van der Waals surface area contributed by atoms with E-state index in [0.29, 0.717) is 19.5 Å². The van der Waals surface area contributed by atoms with Crippen LogP contribution in [0.3, 0.4) is 0 Å². The molecule has 0 fully saturated rings. The number of carbonyl (C=O) groups excluding carboxylic acids is 2. The predicted molar refractivity (Wildman–Crippen MR) is 86.6 cm³/mol. The number of nitrogens with zero attached hydrogens (tertiary/aromatic N) is 1. The van der Waals surface area contributed by atoms with Crippen LogP contribution in [0.2, 0.25) is 0 Å². The van der Waals surface area contributed by atoms with Gasteiger partial charge in [0.15, 0.2) is 0 Å². The summed E-state index contributed by atoms with van der Waals surface area (Å²) in [4.78, 5) is 25.9. The van der Waals surface area contributed by atoms with Crippen molar-refractivity contribution in [1.29, 1.82) is 0 Å². The van der Waals surface area contributed by atoms with Crippen LogP contribution in [0.1, 0.15) is 39.2 Å². The lowest BCUT2D eigenvalue weighted by Gasteiger charge is -2.27. The Labute approximate surface area is 132 Å². The molecule has 0 spiro atoms. The zero-order chi connectivity index (χ0) is 16.5. The highest BCUT2D eigenvalue weighted by Gasteiger charge is 2.24. The highest BCUT2D eigenvalue weighted by molar-refractivity contribution is 5.87. The summed E-state index contributed by atoms with van der Waals surface area (Å²) in [6, 6.07) is 6.13. The van der Waals surface area contributed by atoms with E-state index in [4.69, 9.17) is 0 Å². The van der Waals surface area contributed by atoms with Gasteiger partial charge in [0.1, 0.15) is 11.8 Å². The van der Waals surface area contributed by atoms with Gasteiger partial charge in [-0.1, -0.05) is 26.0 Å². The molecule has 0 aliphatic rings. The van der Waals surface area contributed by atoms with E-state index < -0.39 is 6.04 Å². The molecule has 0 aliphatic heterocycles. The van der Waals surface area contributed by atoms with Crippen molar-refractivity contribution in [2.45, 2.75) is 46.1 Å². The maximum absolute atomic E-state index is 12.7. The summed E-state index contributed by atoms with van der Waals surface area (Å²) in [5, 5.41) is 12.1. The summed E-state index contributed by atoms with van der Waals surface area (Å²) in [5.41, 5.74) is 0.901. The number of carbonyl (C=O) groups is 2. The molecule has 1 aromatic rings. The van der Waals surface area contributed by atoms with Crippen LogP contribution in [0.4, 0.5) is 0 Å². The molecule has 0 aromatic heterocycles. The normalized spacial score (nSPS) is 11.8. The summed E-state index contributed by atoms with van der Waals surface area (Å²) in [7, 11) is 0. The minimum atomic E-state index is -0.569. The van der Waals surface area contributed by atoms with Crippen molar-refractivity contribution in [3.05, 3.63) is 29.8 Å². The van der Waals surface area contributed by atoms with Gasteiger partial charge in [0.2, 0.25) is 11.8 Å². The molecule has 5 nitrogen and oxygen atoms in total. The molecule has 5 heteroatoms. The van der Waals surface area contributed by atoms with Crippen LogP contribution in [0, 0.1) is 0 Å². The van der Waals surface area contributed by atoms with Gasteiger partial charge in [-0.3, -0.25) is 9.59 Å². The van der Waals surface area contributed by atoms with Gasteiger partial charge >= 0.3 is 0 Å². The average molecular weight is 306 g/mol. The van der Waals surface area contributed by atoms with Crippen molar-refractivity contribution in [2.24, 2.45) is 0 Å². The topological polar surface area (TPSA) is 69.6 Å². The first-order valence-corrected chi connectivity index (χ1v) is 7.81. The zero-order valence-corrected chi connectivity index (χ0v) is 13.6. The third kappa shape index (κ3) is 5.76. The Morgan fingerprint density at radius 1 is 1.14 bits per heavy atom. The van der Waals surface area contributed by atoms with Crippen LogP contribution in [-0.4, -0.2) is 41.0 Å². The second kappa shape index (κ2) is 9.07. The zero-order valence-electron chi connectivity index (χ0n) is 13.6. The van der Waals surface area contributed by atoms with Crippen molar-refractivity contribution in [2.75, 3.05) is 13.1 Å². The van der Waals surface area contributed by atoms with E-state index in [2.05, 4.69) is 5.32 Å². The number of amides is 2. The number of rotatable bonds is 8. The van der Waals surface area contributed by atoms with Gasteiger partial charge in [-0.25, -0.2) is 0 Å². The molecule has 0 heterocycles. The summed E-state index contributed by atoms with van der Waals surface area (Å²) in [5.74, 6) is -0.0817. The van der Waals surface area contributed by atoms with E-state index in [1.807, 2.05) is 13.8 Å². The molecular formula is C17H26N2O3. The maximum Gasteiger partial charge on any atom is 0.245 e. The first kappa shape index (κ1) is 18.0. The fourth-order valence-electron chi connectivity index (χ4n) is 2.41. The molecule has 0 saturated heterocycles. The van der Waals surface area contributed by atoms with Crippen molar-refractivity contribution in [1.82, 2.24) is 10.2 Å². The molecule has 2 N–H and O–H groups in total. The number of benzene rings is 1. The fourth-order valence-corrected chi connectivity index (χ4v) is 2.41. The number of phenols is 1. The molecule has 0 unspecified atom stereocenters. The molecule has 2 amide bonds. The third-order valence-electron chi connectivity index (χ3n) is 3.35. The average Bonchev–Trinajstić information content (AvgIpc) is 2.47.